The molecule has 2 heterocycles. The van der Waals surface area contributed by atoms with Gasteiger partial charge in [0, 0.05) is 11.6 Å². The summed E-state index contributed by atoms with van der Waals surface area (Å²) in [6.45, 7) is 0. The number of pyridine rings is 1. The van der Waals surface area contributed by atoms with Crippen LogP contribution in [-0.4, -0.2) is 15.2 Å². The smallest absolute Gasteiger partial charge is 0.327 e. The number of rotatable bonds is 0. The molecule has 0 amide bonds. The van der Waals surface area contributed by atoms with E-state index in [-0.39, 0.29) is 10.9 Å². The molecule has 0 aliphatic heterocycles. The highest BCUT2D eigenvalue weighted by Gasteiger charge is 2.35. The van der Waals surface area contributed by atoms with E-state index in [1.54, 1.807) is 5.10 Å². The van der Waals surface area contributed by atoms with Crippen LogP contribution in [0.2, 0.25) is 0 Å². The van der Waals surface area contributed by atoms with Crippen molar-refractivity contribution in [2.75, 3.05) is 0 Å². The Morgan fingerprint density at radius 1 is 1.36 bits per heavy atom. The van der Waals surface area contributed by atoms with Gasteiger partial charge in [0.15, 0.2) is 5.52 Å². The molecule has 0 aliphatic rings. The fourth-order valence-corrected chi connectivity index (χ4v) is 1.17. The predicted molar refractivity (Wildman–Crippen MR) is 41.7 cm³/mol. The van der Waals surface area contributed by atoms with E-state index in [1.807, 2.05) is 0 Å². The number of hydrogen-bond donors (Lipinski definition) is 2. The molecule has 0 aliphatic carbocycles. The minimum Gasteiger partial charge on any atom is -0.327 e. The molecule has 2 rings (SSSR count). The van der Waals surface area contributed by atoms with Crippen LogP contribution in [0.5, 0.6) is 0 Å². The lowest BCUT2D eigenvalue weighted by Gasteiger charge is -2.01. The van der Waals surface area contributed by atoms with E-state index in [4.69, 9.17) is 0 Å². The number of alkyl halides is 3. The number of aromatic nitrogens is 3. The zero-order chi connectivity index (χ0) is 10.3. The second-order valence-corrected chi connectivity index (χ2v) is 2.67. The lowest BCUT2D eigenvalue weighted by atomic mass is 10.2. The Bertz CT molecular complexity index is 525. The molecule has 7 heteroatoms. The molecule has 0 spiro atoms. The summed E-state index contributed by atoms with van der Waals surface area (Å²) < 4.78 is 36.9. The van der Waals surface area contributed by atoms with Gasteiger partial charge in [0.05, 0.1) is 0 Å². The van der Waals surface area contributed by atoms with Crippen LogP contribution in [0.3, 0.4) is 0 Å². The summed E-state index contributed by atoms with van der Waals surface area (Å²) in [7, 11) is 0. The number of halogens is 3. The summed E-state index contributed by atoms with van der Waals surface area (Å²) in [5, 5.41) is 4.87. The Labute approximate surface area is 74.8 Å². The third-order valence-corrected chi connectivity index (χ3v) is 1.77. The maximum absolute atomic E-state index is 12.3. The van der Waals surface area contributed by atoms with Crippen molar-refractivity contribution in [1.29, 1.82) is 0 Å². The molecule has 0 fully saturated rings. The molecule has 0 unspecified atom stereocenters. The number of nitrogens with zero attached hydrogens (tertiary/aromatic N) is 1. The van der Waals surface area contributed by atoms with E-state index in [0.717, 1.165) is 12.3 Å². The van der Waals surface area contributed by atoms with Crippen molar-refractivity contribution in [3.8, 4) is 0 Å². The molecular weight excluding hydrogens is 199 g/mol. The number of nitrogens with one attached hydrogen (secondary N) is 2. The molecule has 0 saturated carbocycles. The maximum atomic E-state index is 12.3. The van der Waals surface area contributed by atoms with Gasteiger partial charge in [0.25, 0.3) is 5.56 Å². The van der Waals surface area contributed by atoms with Crippen molar-refractivity contribution in [1.82, 2.24) is 15.2 Å². The van der Waals surface area contributed by atoms with Gasteiger partial charge in [0.2, 0.25) is 0 Å². The van der Waals surface area contributed by atoms with Crippen molar-refractivity contribution in [3.63, 3.8) is 0 Å². The number of hydrogen-bond acceptors (Lipinski definition) is 2. The Morgan fingerprint density at radius 2 is 2.07 bits per heavy atom. The third kappa shape index (κ3) is 1.17. The van der Waals surface area contributed by atoms with Crippen LogP contribution in [0, 0.1) is 0 Å². The van der Waals surface area contributed by atoms with E-state index < -0.39 is 17.4 Å². The van der Waals surface area contributed by atoms with E-state index in [9.17, 15) is 18.0 Å². The topological polar surface area (TPSA) is 61.5 Å². The first-order valence-corrected chi connectivity index (χ1v) is 3.63. The summed E-state index contributed by atoms with van der Waals surface area (Å²) in [5.41, 5.74) is -1.88. The molecule has 0 atom stereocenters. The molecule has 0 bridgehead atoms. The van der Waals surface area contributed by atoms with Gasteiger partial charge in [-0.1, -0.05) is 0 Å². The second-order valence-electron chi connectivity index (χ2n) is 2.67. The van der Waals surface area contributed by atoms with Crippen LogP contribution >= 0.6 is 0 Å². The molecular formula is C7H4F3N3O. The lowest BCUT2D eigenvalue weighted by molar-refractivity contribution is -0.139. The van der Waals surface area contributed by atoms with Crippen molar-refractivity contribution in [3.05, 3.63) is 28.3 Å². The molecule has 2 N–H and O–H groups in total. The monoisotopic (exact) mass is 203 g/mol. The zero-order valence-electron chi connectivity index (χ0n) is 6.64. The highest BCUT2D eigenvalue weighted by Crippen LogP contribution is 2.31. The fourth-order valence-electron chi connectivity index (χ4n) is 1.17. The van der Waals surface area contributed by atoms with Crippen LogP contribution in [0.4, 0.5) is 13.2 Å². The van der Waals surface area contributed by atoms with Crippen LogP contribution in [0.25, 0.3) is 10.9 Å². The Balaban J connectivity index is 2.83. The van der Waals surface area contributed by atoms with Gasteiger partial charge in [-0.15, -0.1) is 0 Å². The maximum Gasteiger partial charge on any atom is 0.433 e. The average molecular weight is 203 g/mol. The molecule has 0 saturated heterocycles. The van der Waals surface area contributed by atoms with Gasteiger partial charge >= 0.3 is 6.18 Å². The van der Waals surface area contributed by atoms with Crippen LogP contribution in [0.1, 0.15) is 5.69 Å². The predicted octanol–water partition coefficient (Wildman–Crippen LogP) is 1.27. The van der Waals surface area contributed by atoms with Crippen LogP contribution in [-0.2, 0) is 6.18 Å². The molecule has 0 aromatic carbocycles. The molecule has 74 valence electrons. The summed E-state index contributed by atoms with van der Waals surface area (Å²) in [6, 6.07) is 1.16. The summed E-state index contributed by atoms with van der Waals surface area (Å²) >= 11 is 0. The van der Waals surface area contributed by atoms with Crippen LogP contribution < -0.4 is 5.56 Å². The van der Waals surface area contributed by atoms with Gasteiger partial charge in [-0.3, -0.25) is 9.89 Å². The van der Waals surface area contributed by atoms with Gasteiger partial charge in [-0.25, -0.2) is 0 Å². The number of aromatic amines is 2. The fraction of sp³-hybridized carbons (Fsp3) is 0.143. The second kappa shape index (κ2) is 2.60. The molecule has 14 heavy (non-hydrogen) atoms. The van der Waals surface area contributed by atoms with Gasteiger partial charge in [-0.05, 0) is 6.07 Å². The largest absolute Gasteiger partial charge is 0.433 e. The van der Waals surface area contributed by atoms with Gasteiger partial charge in [-0.2, -0.15) is 18.3 Å². The standard InChI is InChI=1S/C7H4F3N3O/c8-7(9,10)5-3-1-2-11-6(14)4(3)12-13-5/h1-2H,(H,11,14)(H,12,13). The summed E-state index contributed by atoms with van der Waals surface area (Å²) in [6.07, 6.45) is -3.38. The lowest BCUT2D eigenvalue weighted by Crippen LogP contribution is -2.07. The first-order chi connectivity index (χ1) is 6.50. The zero-order valence-corrected chi connectivity index (χ0v) is 6.64. The Kier molecular flexibility index (Phi) is 1.63. The molecule has 0 radical (unpaired) electrons. The molecule has 4 nitrogen and oxygen atoms in total. The third-order valence-electron chi connectivity index (χ3n) is 1.77. The van der Waals surface area contributed by atoms with Crippen LogP contribution in [0.15, 0.2) is 17.1 Å². The van der Waals surface area contributed by atoms with E-state index in [2.05, 4.69) is 10.1 Å². The van der Waals surface area contributed by atoms with Crippen molar-refractivity contribution >= 4 is 10.9 Å². The van der Waals surface area contributed by atoms with E-state index in [0.29, 0.717) is 0 Å². The number of H-pyrrole nitrogens is 2. The summed E-state index contributed by atoms with van der Waals surface area (Å²) in [4.78, 5) is 13.2. The molecule has 2 aromatic rings. The van der Waals surface area contributed by atoms with Crippen molar-refractivity contribution < 1.29 is 13.2 Å². The van der Waals surface area contributed by atoms with Gasteiger partial charge in [0.1, 0.15) is 5.69 Å². The minimum absolute atomic E-state index is 0.221. The SMILES string of the molecule is O=c1[nH]ccc2c(C(F)(F)F)[nH]nc12. The van der Waals surface area contributed by atoms with E-state index in [1.165, 1.54) is 0 Å². The summed E-state index contributed by atoms with van der Waals surface area (Å²) in [5.74, 6) is 0. The van der Waals surface area contributed by atoms with E-state index >= 15 is 0 Å². The first-order valence-electron chi connectivity index (χ1n) is 3.63. The van der Waals surface area contributed by atoms with Crippen molar-refractivity contribution in [2.45, 2.75) is 6.18 Å². The van der Waals surface area contributed by atoms with Crippen molar-refractivity contribution in [2.24, 2.45) is 0 Å². The Hall–Kier alpha value is -1.79. The molecule has 2 aromatic heterocycles. The Morgan fingerprint density at radius 3 is 2.71 bits per heavy atom. The first kappa shape index (κ1) is 8.79. The normalized spacial score (nSPS) is 12.2. The highest BCUT2D eigenvalue weighted by molar-refractivity contribution is 5.80. The highest BCUT2D eigenvalue weighted by atomic mass is 19.4. The number of fused-ring (bicyclic) bond motifs is 1. The van der Waals surface area contributed by atoms with Gasteiger partial charge < -0.3 is 4.98 Å². The quantitative estimate of drug-likeness (QED) is 0.677. The average Bonchev–Trinajstić information content (AvgIpc) is 2.47. The minimum atomic E-state index is -4.53.